The number of rotatable bonds is 4. The summed E-state index contributed by atoms with van der Waals surface area (Å²) < 4.78 is 21.5. The Kier molecular flexibility index (Phi) is 4.25. The quantitative estimate of drug-likeness (QED) is 0.560. The molecule has 2 heterocycles. The Morgan fingerprint density at radius 2 is 1.25 bits per heavy atom. The van der Waals surface area contributed by atoms with E-state index in [0.29, 0.717) is 11.1 Å². The van der Waals surface area contributed by atoms with Crippen molar-refractivity contribution in [2.24, 2.45) is 0 Å². The van der Waals surface area contributed by atoms with Crippen LogP contribution in [0.3, 0.4) is 0 Å². The maximum absolute atomic E-state index is 11.5. The van der Waals surface area contributed by atoms with Gasteiger partial charge in [0.2, 0.25) is 0 Å². The van der Waals surface area contributed by atoms with Crippen LogP contribution in [0.5, 0.6) is 0 Å². The molecule has 110 valence electrons. The summed E-state index contributed by atoms with van der Waals surface area (Å²) in [5.41, 5.74) is 0.633. The van der Waals surface area contributed by atoms with Gasteiger partial charge in [-0.3, -0.25) is 0 Å². The van der Waals surface area contributed by atoms with Gasteiger partial charge in [-0.15, -0.1) is 0 Å². The van der Waals surface area contributed by atoms with Gasteiger partial charge >= 0.3 is 11.9 Å². The van der Waals surface area contributed by atoms with E-state index in [1.165, 1.54) is 0 Å². The topological polar surface area (TPSA) is 71.1 Å². The second kappa shape index (κ2) is 5.76. The third-order valence-electron chi connectivity index (χ3n) is 3.18. The van der Waals surface area contributed by atoms with E-state index in [1.54, 1.807) is 13.8 Å². The first-order chi connectivity index (χ1) is 9.40. The maximum Gasteiger partial charge on any atom is 0.333 e. The molecule has 2 aliphatic rings. The molecule has 0 bridgehead atoms. The molecule has 0 aromatic rings. The minimum absolute atomic E-state index is 0.218. The molecule has 20 heavy (non-hydrogen) atoms. The molecule has 6 heteroatoms. The molecule has 0 amide bonds. The summed E-state index contributed by atoms with van der Waals surface area (Å²) in [5.74, 6) is -0.963. The third-order valence-corrected chi connectivity index (χ3v) is 3.18. The van der Waals surface area contributed by atoms with Crippen LogP contribution in [0.2, 0.25) is 0 Å². The van der Waals surface area contributed by atoms with Crippen LogP contribution in [0.15, 0.2) is 24.3 Å². The molecule has 0 radical (unpaired) electrons. The van der Waals surface area contributed by atoms with Gasteiger partial charge in [-0.1, -0.05) is 13.2 Å². The summed E-state index contributed by atoms with van der Waals surface area (Å²) in [6, 6.07) is 0. The number of carbonyl (C=O) groups excluding carboxylic acids is 2. The fourth-order valence-electron chi connectivity index (χ4n) is 2.11. The molecule has 2 aliphatic heterocycles. The molecule has 0 aromatic heterocycles. The normalized spacial score (nSPS) is 31.5. The Morgan fingerprint density at radius 3 is 1.55 bits per heavy atom. The standard InChI is InChI=1S/C14H18O6/c1-7(2)13(15)19-9-5-17-12-10(6-18-11(9)12)20-14(16)8(3)4/h9-12H,1,3,5-6H2,2,4H3/t9-,10+,11?,12?. The van der Waals surface area contributed by atoms with Crippen molar-refractivity contribution in [1.29, 1.82) is 0 Å². The molecule has 2 unspecified atom stereocenters. The molecule has 0 aromatic carbocycles. The minimum atomic E-state index is -0.502. The largest absolute Gasteiger partial charge is 0.454 e. The van der Waals surface area contributed by atoms with Gasteiger partial charge in [0.15, 0.2) is 12.2 Å². The number of hydrogen-bond acceptors (Lipinski definition) is 6. The van der Waals surface area contributed by atoms with Crippen LogP contribution in [-0.4, -0.2) is 49.6 Å². The first-order valence-corrected chi connectivity index (χ1v) is 6.36. The van der Waals surface area contributed by atoms with Crippen molar-refractivity contribution in [2.45, 2.75) is 38.3 Å². The van der Waals surface area contributed by atoms with Crippen molar-refractivity contribution in [3.63, 3.8) is 0 Å². The smallest absolute Gasteiger partial charge is 0.333 e. The summed E-state index contributed by atoms with van der Waals surface area (Å²) in [7, 11) is 0. The van der Waals surface area contributed by atoms with Crippen LogP contribution >= 0.6 is 0 Å². The van der Waals surface area contributed by atoms with E-state index in [1.807, 2.05) is 0 Å². The monoisotopic (exact) mass is 282 g/mol. The van der Waals surface area contributed by atoms with Crippen molar-refractivity contribution in [1.82, 2.24) is 0 Å². The zero-order valence-corrected chi connectivity index (χ0v) is 11.6. The highest BCUT2D eigenvalue weighted by atomic mass is 16.7. The molecule has 2 saturated heterocycles. The van der Waals surface area contributed by atoms with Crippen LogP contribution in [0.4, 0.5) is 0 Å². The van der Waals surface area contributed by atoms with E-state index in [4.69, 9.17) is 18.9 Å². The lowest BCUT2D eigenvalue weighted by atomic mass is 10.1. The van der Waals surface area contributed by atoms with Gasteiger partial charge < -0.3 is 18.9 Å². The van der Waals surface area contributed by atoms with E-state index < -0.39 is 36.4 Å². The zero-order valence-electron chi connectivity index (χ0n) is 11.6. The van der Waals surface area contributed by atoms with E-state index in [9.17, 15) is 9.59 Å². The highest BCUT2D eigenvalue weighted by Gasteiger charge is 2.51. The van der Waals surface area contributed by atoms with E-state index in [0.717, 1.165) is 0 Å². The molecule has 6 nitrogen and oxygen atoms in total. The molecule has 0 spiro atoms. The minimum Gasteiger partial charge on any atom is -0.454 e. The molecule has 0 aliphatic carbocycles. The number of hydrogen-bond donors (Lipinski definition) is 0. The lowest BCUT2D eigenvalue weighted by Crippen LogP contribution is -2.36. The Balaban J connectivity index is 1.94. The molecule has 0 N–H and O–H groups in total. The highest BCUT2D eigenvalue weighted by Crippen LogP contribution is 2.31. The Labute approximate surface area is 117 Å². The van der Waals surface area contributed by atoms with Crippen molar-refractivity contribution in [2.75, 3.05) is 13.2 Å². The second-order valence-electron chi connectivity index (χ2n) is 5.04. The van der Waals surface area contributed by atoms with Gasteiger partial charge in [-0.2, -0.15) is 0 Å². The van der Waals surface area contributed by atoms with E-state index in [2.05, 4.69) is 13.2 Å². The first-order valence-electron chi connectivity index (χ1n) is 6.36. The molecule has 2 fully saturated rings. The van der Waals surface area contributed by atoms with Gasteiger partial charge in [0.05, 0.1) is 13.2 Å². The zero-order chi connectivity index (χ0) is 14.9. The Bertz CT molecular complexity index is 413. The number of esters is 2. The van der Waals surface area contributed by atoms with Crippen LogP contribution in [0.1, 0.15) is 13.8 Å². The van der Waals surface area contributed by atoms with Crippen molar-refractivity contribution >= 4 is 11.9 Å². The molecular weight excluding hydrogens is 264 g/mol. The summed E-state index contributed by atoms with van der Waals surface area (Å²) in [5, 5.41) is 0. The fourth-order valence-corrected chi connectivity index (χ4v) is 2.11. The Hall–Kier alpha value is -1.66. The summed E-state index contributed by atoms with van der Waals surface area (Å²) in [4.78, 5) is 23.0. The fraction of sp³-hybridized carbons (Fsp3) is 0.571. The Morgan fingerprint density at radius 1 is 0.900 bits per heavy atom. The van der Waals surface area contributed by atoms with Crippen molar-refractivity contribution in [3.8, 4) is 0 Å². The van der Waals surface area contributed by atoms with Gasteiger partial charge in [0.1, 0.15) is 12.2 Å². The molecular formula is C14H18O6. The predicted molar refractivity (Wildman–Crippen MR) is 68.9 cm³/mol. The van der Waals surface area contributed by atoms with Crippen molar-refractivity contribution < 1.29 is 28.5 Å². The average molecular weight is 282 g/mol. The second-order valence-corrected chi connectivity index (χ2v) is 5.04. The lowest BCUT2D eigenvalue weighted by Gasteiger charge is -2.17. The van der Waals surface area contributed by atoms with Crippen LogP contribution in [-0.2, 0) is 28.5 Å². The predicted octanol–water partition coefficient (Wildman–Crippen LogP) is 0.760. The van der Waals surface area contributed by atoms with E-state index in [-0.39, 0.29) is 13.2 Å². The summed E-state index contributed by atoms with van der Waals surface area (Å²) >= 11 is 0. The average Bonchev–Trinajstić information content (AvgIpc) is 2.93. The van der Waals surface area contributed by atoms with Gasteiger partial charge in [0, 0.05) is 11.1 Å². The molecule has 0 saturated carbocycles. The van der Waals surface area contributed by atoms with Gasteiger partial charge in [-0.05, 0) is 13.8 Å². The summed E-state index contributed by atoms with van der Waals surface area (Å²) in [6.07, 6.45) is -1.84. The first kappa shape index (κ1) is 14.7. The number of ether oxygens (including phenoxy) is 4. The molecule has 4 atom stereocenters. The van der Waals surface area contributed by atoms with Crippen LogP contribution in [0, 0.1) is 0 Å². The number of fused-ring (bicyclic) bond motifs is 1. The van der Waals surface area contributed by atoms with E-state index >= 15 is 0 Å². The SMILES string of the molecule is C=C(C)C(=O)O[C@H]1COC2C1OC[C@H]2OC(=O)C(=C)C. The van der Waals surface area contributed by atoms with Crippen LogP contribution < -0.4 is 0 Å². The third kappa shape index (κ3) is 2.91. The summed E-state index contributed by atoms with van der Waals surface area (Å²) in [6.45, 7) is 10.6. The maximum atomic E-state index is 11.5. The lowest BCUT2D eigenvalue weighted by molar-refractivity contribution is -0.150. The highest BCUT2D eigenvalue weighted by molar-refractivity contribution is 5.87. The number of carbonyl (C=O) groups is 2. The van der Waals surface area contributed by atoms with Crippen LogP contribution in [0.25, 0.3) is 0 Å². The molecule has 2 rings (SSSR count). The van der Waals surface area contributed by atoms with Crippen molar-refractivity contribution in [3.05, 3.63) is 24.3 Å². The van der Waals surface area contributed by atoms with Gasteiger partial charge in [0.25, 0.3) is 0 Å². The van der Waals surface area contributed by atoms with Gasteiger partial charge in [-0.25, -0.2) is 9.59 Å².